The van der Waals surface area contributed by atoms with Crippen molar-refractivity contribution in [2.24, 2.45) is 0 Å². The van der Waals surface area contributed by atoms with Crippen LogP contribution in [0.5, 0.6) is 0 Å². The van der Waals surface area contributed by atoms with E-state index in [2.05, 4.69) is 25.3 Å². The Balaban J connectivity index is 1.69. The van der Waals surface area contributed by atoms with E-state index in [0.717, 1.165) is 4.88 Å². The number of H-pyrrole nitrogens is 2. The van der Waals surface area contributed by atoms with Crippen molar-refractivity contribution in [3.8, 4) is 0 Å². The van der Waals surface area contributed by atoms with Crippen LogP contribution in [0.25, 0.3) is 11.2 Å². The molecule has 0 spiro atoms. The van der Waals surface area contributed by atoms with Crippen LogP contribution in [-0.2, 0) is 11.3 Å². The first-order valence-electron chi connectivity index (χ1n) is 7.07. The minimum atomic E-state index is -0.325. The third-order valence-corrected chi connectivity index (χ3v) is 5.33. The van der Waals surface area contributed by atoms with E-state index >= 15 is 0 Å². The summed E-state index contributed by atoms with van der Waals surface area (Å²) in [6.07, 6.45) is 2.05. The molecule has 120 valence electrons. The van der Waals surface area contributed by atoms with Gasteiger partial charge in [0.05, 0.1) is 18.1 Å². The van der Waals surface area contributed by atoms with E-state index < -0.39 is 0 Å². The Labute approximate surface area is 139 Å². The van der Waals surface area contributed by atoms with E-state index in [-0.39, 0.29) is 16.7 Å². The second kappa shape index (κ2) is 6.97. The highest BCUT2D eigenvalue weighted by Crippen LogP contribution is 2.22. The van der Waals surface area contributed by atoms with E-state index in [1.807, 2.05) is 24.4 Å². The van der Waals surface area contributed by atoms with Gasteiger partial charge in [-0.3, -0.25) is 14.6 Å². The third-order valence-electron chi connectivity index (χ3n) is 3.21. The molecule has 3 N–H and O–H groups in total. The Hall–Kier alpha value is -2.13. The van der Waals surface area contributed by atoms with Crippen molar-refractivity contribution in [1.29, 1.82) is 0 Å². The van der Waals surface area contributed by atoms with Crippen LogP contribution in [0.1, 0.15) is 18.2 Å². The number of nitrogens with one attached hydrogen (secondary N) is 3. The fourth-order valence-corrected chi connectivity index (χ4v) is 3.60. The molecule has 23 heavy (non-hydrogen) atoms. The first-order valence-corrected chi connectivity index (χ1v) is 8.83. The molecule has 3 aromatic rings. The Kier molecular flexibility index (Phi) is 4.77. The third kappa shape index (κ3) is 3.62. The number of aromatic nitrogens is 4. The first-order chi connectivity index (χ1) is 11.2. The number of amides is 1. The lowest BCUT2D eigenvalue weighted by Crippen LogP contribution is -2.32. The van der Waals surface area contributed by atoms with Gasteiger partial charge in [-0.2, -0.15) is 0 Å². The summed E-state index contributed by atoms with van der Waals surface area (Å²) in [5.74, 6) is -0.0735. The van der Waals surface area contributed by atoms with Crippen molar-refractivity contribution in [2.45, 2.75) is 30.3 Å². The predicted octanol–water partition coefficient (Wildman–Crippen LogP) is 1.89. The molecule has 0 aromatic carbocycles. The standard InChI is InChI=1S/C14H15N5O2S2/c1-2-9(12(20)15-6-8-4-3-5-22-8)23-14-18-11-10(13(21)19-14)16-7-17-11/h3-5,7,9H,2,6H2,1H3,(H,15,20)(H2,16,17,18,19,21)/t9-/m0/s1. The number of thiophene rings is 1. The van der Waals surface area contributed by atoms with E-state index in [4.69, 9.17) is 0 Å². The van der Waals surface area contributed by atoms with Crippen molar-refractivity contribution >= 4 is 40.2 Å². The summed E-state index contributed by atoms with van der Waals surface area (Å²) in [5, 5.41) is 4.96. The number of hydrogen-bond acceptors (Lipinski definition) is 6. The maximum Gasteiger partial charge on any atom is 0.277 e. The molecule has 0 radical (unpaired) electrons. The molecule has 7 nitrogen and oxygen atoms in total. The van der Waals surface area contributed by atoms with Gasteiger partial charge in [-0.1, -0.05) is 24.8 Å². The summed E-state index contributed by atoms with van der Waals surface area (Å²) < 4.78 is 0. The lowest BCUT2D eigenvalue weighted by molar-refractivity contribution is -0.120. The first kappa shape index (κ1) is 15.8. The Morgan fingerprint density at radius 3 is 3.13 bits per heavy atom. The Bertz CT molecular complexity index is 856. The maximum absolute atomic E-state index is 12.3. The van der Waals surface area contributed by atoms with Crippen LogP contribution in [0.4, 0.5) is 0 Å². The fraction of sp³-hybridized carbons (Fsp3) is 0.286. The minimum Gasteiger partial charge on any atom is -0.350 e. The number of nitrogens with zero attached hydrogens (tertiary/aromatic N) is 2. The minimum absolute atomic E-state index is 0.0735. The molecular formula is C14H15N5O2S2. The summed E-state index contributed by atoms with van der Waals surface area (Å²) in [4.78, 5) is 39.0. The SMILES string of the molecule is CC[C@H](Sc1nc2nc[nH]c2c(=O)[nH]1)C(=O)NCc1cccs1. The Morgan fingerprint density at radius 2 is 2.39 bits per heavy atom. The van der Waals surface area contributed by atoms with Gasteiger partial charge in [-0.05, 0) is 17.9 Å². The van der Waals surface area contributed by atoms with Crippen LogP contribution in [0.15, 0.2) is 33.8 Å². The van der Waals surface area contributed by atoms with Gasteiger partial charge in [-0.25, -0.2) is 9.97 Å². The van der Waals surface area contributed by atoms with Gasteiger partial charge in [0.1, 0.15) is 0 Å². The van der Waals surface area contributed by atoms with Crippen LogP contribution >= 0.6 is 23.1 Å². The number of thioether (sulfide) groups is 1. The second-order valence-electron chi connectivity index (χ2n) is 4.78. The Morgan fingerprint density at radius 1 is 1.52 bits per heavy atom. The number of rotatable bonds is 6. The van der Waals surface area contributed by atoms with E-state index in [1.54, 1.807) is 11.3 Å². The molecule has 0 saturated carbocycles. The number of carbonyl (C=O) groups is 1. The molecule has 3 rings (SSSR count). The predicted molar refractivity (Wildman–Crippen MR) is 90.6 cm³/mol. The molecular weight excluding hydrogens is 334 g/mol. The molecule has 0 aliphatic heterocycles. The molecule has 0 unspecified atom stereocenters. The summed E-state index contributed by atoms with van der Waals surface area (Å²) in [6, 6.07) is 3.93. The molecule has 1 atom stereocenters. The number of imidazole rings is 1. The van der Waals surface area contributed by atoms with Crippen molar-refractivity contribution < 1.29 is 4.79 Å². The average molecular weight is 349 g/mol. The molecule has 3 heterocycles. The van der Waals surface area contributed by atoms with Crippen LogP contribution in [0.2, 0.25) is 0 Å². The van der Waals surface area contributed by atoms with Gasteiger partial charge < -0.3 is 10.3 Å². The molecule has 0 saturated heterocycles. The lowest BCUT2D eigenvalue weighted by Gasteiger charge is -2.13. The summed E-state index contributed by atoms with van der Waals surface area (Å²) in [5.41, 5.74) is 0.401. The molecule has 9 heteroatoms. The number of fused-ring (bicyclic) bond motifs is 1. The molecule has 0 aliphatic carbocycles. The highest BCUT2D eigenvalue weighted by molar-refractivity contribution is 8.00. The van der Waals surface area contributed by atoms with Gasteiger partial charge in [0.15, 0.2) is 16.3 Å². The molecule has 3 aromatic heterocycles. The highest BCUT2D eigenvalue weighted by Gasteiger charge is 2.20. The van der Waals surface area contributed by atoms with Gasteiger partial charge >= 0.3 is 0 Å². The highest BCUT2D eigenvalue weighted by atomic mass is 32.2. The zero-order valence-electron chi connectivity index (χ0n) is 12.3. The quantitative estimate of drug-likeness (QED) is 0.466. The van der Waals surface area contributed by atoms with Crippen LogP contribution in [0, 0.1) is 0 Å². The summed E-state index contributed by atoms with van der Waals surface area (Å²) in [6.45, 7) is 2.43. The largest absolute Gasteiger partial charge is 0.350 e. The number of hydrogen-bond donors (Lipinski definition) is 3. The maximum atomic E-state index is 12.3. The van der Waals surface area contributed by atoms with Crippen LogP contribution in [-0.4, -0.2) is 31.1 Å². The molecule has 0 aliphatic rings. The molecule has 0 bridgehead atoms. The van der Waals surface area contributed by atoms with Crippen molar-refractivity contribution in [3.63, 3.8) is 0 Å². The van der Waals surface area contributed by atoms with Gasteiger partial charge in [-0.15, -0.1) is 11.3 Å². The zero-order chi connectivity index (χ0) is 16.2. The fourth-order valence-electron chi connectivity index (χ4n) is 2.04. The summed E-state index contributed by atoms with van der Waals surface area (Å²) in [7, 11) is 0. The van der Waals surface area contributed by atoms with E-state index in [0.29, 0.717) is 29.3 Å². The van der Waals surface area contributed by atoms with Crippen LogP contribution in [0.3, 0.4) is 0 Å². The molecule has 0 fully saturated rings. The topological polar surface area (TPSA) is 104 Å². The van der Waals surface area contributed by atoms with Gasteiger partial charge in [0.25, 0.3) is 5.56 Å². The van der Waals surface area contributed by atoms with Gasteiger partial charge in [0, 0.05) is 4.88 Å². The zero-order valence-corrected chi connectivity index (χ0v) is 14.0. The van der Waals surface area contributed by atoms with Crippen molar-refractivity contribution in [1.82, 2.24) is 25.3 Å². The number of aromatic amines is 2. The van der Waals surface area contributed by atoms with E-state index in [1.165, 1.54) is 18.1 Å². The second-order valence-corrected chi connectivity index (χ2v) is 7.01. The lowest BCUT2D eigenvalue weighted by atomic mass is 10.3. The van der Waals surface area contributed by atoms with Crippen LogP contribution < -0.4 is 10.9 Å². The van der Waals surface area contributed by atoms with E-state index in [9.17, 15) is 9.59 Å². The average Bonchev–Trinajstić information content (AvgIpc) is 3.21. The molecule has 1 amide bonds. The number of carbonyl (C=O) groups excluding carboxylic acids is 1. The monoisotopic (exact) mass is 349 g/mol. The van der Waals surface area contributed by atoms with Crippen molar-refractivity contribution in [2.75, 3.05) is 0 Å². The van der Waals surface area contributed by atoms with Crippen molar-refractivity contribution in [3.05, 3.63) is 39.1 Å². The smallest absolute Gasteiger partial charge is 0.277 e. The van der Waals surface area contributed by atoms with Gasteiger partial charge in [0.2, 0.25) is 5.91 Å². The normalized spacial score (nSPS) is 12.4. The summed E-state index contributed by atoms with van der Waals surface area (Å²) >= 11 is 2.84.